The Morgan fingerprint density at radius 3 is 2.47 bits per heavy atom. The van der Waals surface area contributed by atoms with Crippen LogP contribution in [-0.4, -0.2) is 19.6 Å². The highest BCUT2D eigenvalue weighted by Gasteiger charge is 2.08. The second-order valence-corrected chi connectivity index (χ2v) is 5.04. The number of halogens is 1. The van der Waals surface area contributed by atoms with Crippen molar-refractivity contribution in [2.75, 3.05) is 24.5 Å². The summed E-state index contributed by atoms with van der Waals surface area (Å²) in [7, 11) is 0. The fourth-order valence-corrected chi connectivity index (χ4v) is 2.38. The van der Waals surface area contributed by atoms with E-state index in [1.54, 1.807) is 0 Å². The van der Waals surface area contributed by atoms with Gasteiger partial charge in [0, 0.05) is 29.8 Å². The number of hydrogen-bond acceptors (Lipinski definition) is 2. The van der Waals surface area contributed by atoms with Crippen LogP contribution < -0.4 is 10.2 Å². The van der Waals surface area contributed by atoms with E-state index in [0.29, 0.717) is 0 Å². The summed E-state index contributed by atoms with van der Waals surface area (Å²) in [6, 6.07) is 6.55. The maximum absolute atomic E-state index is 3.55. The van der Waals surface area contributed by atoms with Gasteiger partial charge in [0.05, 0.1) is 0 Å². The number of nitrogens with one attached hydrogen (secondary N) is 1. The minimum absolute atomic E-state index is 0.944. The molecule has 0 aliphatic rings. The van der Waals surface area contributed by atoms with Crippen LogP contribution in [0.4, 0.5) is 5.69 Å². The van der Waals surface area contributed by atoms with Gasteiger partial charge in [-0.3, -0.25) is 0 Å². The lowest BCUT2D eigenvalue weighted by Crippen LogP contribution is -2.24. The predicted octanol–water partition coefficient (Wildman–Crippen LogP) is 3.79. The molecule has 0 atom stereocenters. The maximum atomic E-state index is 3.55. The molecule has 0 spiro atoms. The van der Waals surface area contributed by atoms with E-state index in [0.717, 1.165) is 30.7 Å². The highest BCUT2D eigenvalue weighted by molar-refractivity contribution is 9.10. The minimum Gasteiger partial charge on any atom is -0.372 e. The van der Waals surface area contributed by atoms with Gasteiger partial charge in [-0.15, -0.1) is 0 Å². The van der Waals surface area contributed by atoms with E-state index in [4.69, 9.17) is 0 Å². The van der Waals surface area contributed by atoms with Crippen LogP contribution in [0.3, 0.4) is 0 Å². The summed E-state index contributed by atoms with van der Waals surface area (Å²) in [5.74, 6) is 0. The maximum Gasteiger partial charge on any atom is 0.0412 e. The average Bonchev–Trinajstić information content (AvgIpc) is 2.33. The minimum atomic E-state index is 0.944. The van der Waals surface area contributed by atoms with Crippen LogP contribution in [0, 0.1) is 0 Å². The van der Waals surface area contributed by atoms with Crippen molar-refractivity contribution in [3.8, 4) is 0 Å². The standard InChI is InChI=1S/C14H23BrN2/c1-4-9-16-11-12-10-13(15)7-8-14(12)17(5-2)6-3/h7-8,10,16H,4-6,9,11H2,1-3H3. The number of nitrogens with zero attached hydrogens (tertiary/aromatic N) is 1. The van der Waals surface area contributed by atoms with Crippen molar-refractivity contribution < 1.29 is 0 Å². The first-order valence-corrected chi connectivity index (χ1v) is 7.26. The van der Waals surface area contributed by atoms with Crippen LogP contribution in [-0.2, 0) is 6.54 Å². The van der Waals surface area contributed by atoms with E-state index in [1.165, 1.54) is 17.7 Å². The molecular formula is C14H23BrN2. The van der Waals surface area contributed by atoms with Crippen molar-refractivity contribution in [2.24, 2.45) is 0 Å². The van der Waals surface area contributed by atoms with Crippen LogP contribution in [0.15, 0.2) is 22.7 Å². The Morgan fingerprint density at radius 1 is 1.18 bits per heavy atom. The van der Waals surface area contributed by atoms with E-state index in [-0.39, 0.29) is 0 Å². The molecular weight excluding hydrogens is 276 g/mol. The Hall–Kier alpha value is -0.540. The molecule has 1 rings (SSSR count). The van der Waals surface area contributed by atoms with Crippen LogP contribution in [0.5, 0.6) is 0 Å². The number of benzene rings is 1. The van der Waals surface area contributed by atoms with E-state index >= 15 is 0 Å². The van der Waals surface area contributed by atoms with Crippen LogP contribution in [0.25, 0.3) is 0 Å². The Balaban J connectivity index is 2.86. The number of hydrogen-bond donors (Lipinski definition) is 1. The fraction of sp³-hybridized carbons (Fsp3) is 0.571. The third-order valence-electron chi connectivity index (χ3n) is 2.89. The molecule has 0 amide bonds. The lowest BCUT2D eigenvalue weighted by Gasteiger charge is -2.24. The number of rotatable bonds is 7. The van der Waals surface area contributed by atoms with Crippen LogP contribution >= 0.6 is 15.9 Å². The molecule has 3 heteroatoms. The molecule has 96 valence electrons. The van der Waals surface area contributed by atoms with Gasteiger partial charge in [0.15, 0.2) is 0 Å². The fourth-order valence-electron chi connectivity index (χ4n) is 1.97. The van der Waals surface area contributed by atoms with Gasteiger partial charge in [0.2, 0.25) is 0 Å². The molecule has 17 heavy (non-hydrogen) atoms. The zero-order valence-electron chi connectivity index (χ0n) is 11.1. The summed E-state index contributed by atoms with van der Waals surface area (Å²) < 4.78 is 1.15. The van der Waals surface area contributed by atoms with E-state index in [2.05, 4.69) is 65.1 Å². The van der Waals surface area contributed by atoms with Gasteiger partial charge in [-0.25, -0.2) is 0 Å². The molecule has 0 saturated carbocycles. The Kier molecular flexibility index (Phi) is 6.60. The number of anilines is 1. The summed E-state index contributed by atoms with van der Waals surface area (Å²) in [5, 5.41) is 3.47. The van der Waals surface area contributed by atoms with Crippen molar-refractivity contribution >= 4 is 21.6 Å². The monoisotopic (exact) mass is 298 g/mol. The first-order valence-electron chi connectivity index (χ1n) is 6.47. The zero-order valence-corrected chi connectivity index (χ0v) is 12.7. The molecule has 0 bridgehead atoms. The molecule has 0 radical (unpaired) electrons. The molecule has 2 nitrogen and oxygen atoms in total. The second-order valence-electron chi connectivity index (χ2n) is 4.12. The van der Waals surface area contributed by atoms with Gasteiger partial charge in [-0.05, 0) is 50.6 Å². The van der Waals surface area contributed by atoms with Gasteiger partial charge < -0.3 is 10.2 Å². The van der Waals surface area contributed by atoms with E-state index in [1.807, 2.05) is 0 Å². The first kappa shape index (κ1) is 14.5. The highest BCUT2D eigenvalue weighted by Crippen LogP contribution is 2.24. The molecule has 0 aromatic heterocycles. The molecule has 0 fully saturated rings. The normalized spacial score (nSPS) is 10.6. The lowest BCUT2D eigenvalue weighted by atomic mass is 10.1. The topological polar surface area (TPSA) is 15.3 Å². The highest BCUT2D eigenvalue weighted by atomic mass is 79.9. The summed E-state index contributed by atoms with van der Waals surface area (Å²) in [5.41, 5.74) is 2.72. The summed E-state index contributed by atoms with van der Waals surface area (Å²) in [6.45, 7) is 10.7. The van der Waals surface area contributed by atoms with Gasteiger partial charge in [0.25, 0.3) is 0 Å². The van der Waals surface area contributed by atoms with Crippen molar-refractivity contribution in [2.45, 2.75) is 33.7 Å². The Bertz CT molecular complexity index is 335. The van der Waals surface area contributed by atoms with Gasteiger partial charge in [-0.2, -0.15) is 0 Å². The summed E-state index contributed by atoms with van der Waals surface area (Å²) >= 11 is 3.55. The zero-order chi connectivity index (χ0) is 12.7. The second kappa shape index (κ2) is 7.72. The third-order valence-corrected chi connectivity index (χ3v) is 3.38. The lowest BCUT2D eigenvalue weighted by molar-refractivity contribution is 0.672. The van der Waals surface area contributed by atoms with Gasteiger partial charge >= 0.3 is 0 Å². The van der Waals surface area contributed by atoms with Gasteiger partial charge in [-0.1, -0.05) is 22.9 Å². The van der Waals surface area contributed by atoms with Crippen molar-refractivity contribution in [3.63, 3.8) is 0 Å². The first-order chi connectivity index (χ1) is 8.22. The largest absolute Gasteiger partial charge is 0.372 e. The Labute approximate surface area is 114 Å². The molecule has 1 aromatic rings. The molecule has 0 aliphatic carbocycles. The van der Waals surface area contributed by atoms with Crippen LogP contribution in [0.1, 0.15) is 32.8 Å². The summed E-state index contributed by atoms with van der Waals surface area (Å²) in [6.07, 6.45) is 1.18. The molecule has 0 aliphatic heterocycles. The molecule has 1 aromatic carbocycles. The molecule has 0 heterocycles. The van der Waals surface area contributed by atoms with Crippen LogP contribution in [0.2, 0.25) is 0 Å². The molecule has 0 saturated heterocycles. The van der Waals surface area contributed by atoms with Crippen molar-refractivity contribution in [1.29, 1.82) is 0 Å². The average molecular weight is 299 g/mol. The van der Waals surface area contributed by atoms with Gasteiger partial charge in [0.1, 0.15) is 0 Å². The smallest absolute Gasteiger partial charge is 0.0412 e. The van der Waals surface area contributed by atoms with E-state index < -0.39 is 0 Å². The quantitative estimate of drug-likeness (QED) is 0.771. The summed E-state index contributed by atoms with van der Waals surface area (Å²) in [4.78, 5) is 2.40. The SMILES string of the molecule is CCCNCc1cc(Br)ccc1N(CC)CC. The van der Waals surface area contributed by atoms with Crippen molar-refractivity contribution in [1.82, 2.24) is 5.32 Å². The molecule has 1 N–H and O–H groups in total. The third kappa shape index (κ3) is 4.32. The Morgan fingerprint density at radius 2 is 1.88 bits per heavy atom. The molecule has 0 unspecified atom stereocenters. The van der Waals surface area contributed by atoms with Crippen molar-refractivity contribution in [3.05, 3.63) is 28.2 Å². The predicted molar refractivity (Wildman–Crippen MR) is 79.7 cm³/mol. The van der Waals surface area contributed by atoms with E-state index in [9.17, 15) is 0 Å².